The second-order valence-corrected chi connectivity index (χ2v) is 6.60. The molecule has 0 spiro atoms. The first kappa shape index (κ1) is 17.2. The van der Waals surface area contributed by atoms with Gasteiger partial charge in [0.2, 0.25) is 0 Å². The lowest BCUT2D eigenvalue weighted by Crippen LogP contribution is -2.46. The first-order chi connectivity index (χ1) is 13.2. The quantitative estimate of drug-likeness (QED) is 0.707. The van der Waals surface area contributed by atoms with Gasteiger partial charge in [0.1, 0.15) is 12.1 Å². The van der Waals surface area contributed by atoms with Gasteiger partial charge >= 0.3 is 5.69 Å². The summed E-state index contributed by atoms with van der Waals surface area (Å²) in [6, 6.07) is 16.3. The van der Waals surface area contributed by atoms with Crippen LogP contribution >= 0.6 is 0 Å². The van der Waals surface area contributed by atoms with Crippen molar-refractivity contribution in [1.82, 2.24) is 14.3 Å². The van der Waals surface area contributed by atoms with Gasteiger partial charge < -0.3 is 14.5 Å². The number of anilines is 2. The number of aromatic nitrogens is 3. The van der Waals surface area contributed by atoms with E-state index < -0.39 is 0 Å². The number of hydrogen-bond donors (Lipinski definition) is 0. The van der Waals surface area contributed by atoms with E-state index in [2.05, 4.69) is 39.2 Å². The van der Waals surface area contributed by atoms with Crippen molar-refractivity contribution in [2.75, 3.05) is 43.1 Å². The maximum Gasteiger partial charge on any atom is 0.350 e. The van der Waals surface area contributed by atoms with Crippen molar-refractivity contribution >= 4 is 11.4 Å². The molecular formula is C20H23N5O2. The summed E-state index contributed by atoms with van der Waals surface area (Å²) in [7, 11) is 3.33. The summed E-state index contributed by atoms with van der Waals surface area (Å²) < 4.78 is 8.10. The fraction of sp³-hybridized carbons (Fsp3) is 0.300. The van der Waals surface area contributed by atoms with Crippen LogP contribution in [-0.4, -0.2) is 47.6 Å². The number of ether oxygens (including phenoxy) is 1. The molecule has 3 aromatic rings. The summed E-state index contributed by atoms with van der Waals surface area (Å²) in [5, 5.41) is 4.00. The minimum atomic E-state index is -0.143. The molecule has 0 radical (unpaired) electrons. The lowest BCUT2D eigenvalue weighted by Gasteiger charge is -2.37. The van der Waals surface area contributed by atoms with Crippen LogP contribution in [0.1, 0.15) is 0 Å². The summed E-state index contributed by atoms with van der Waals surface area (Å²) >= 11 is 0. The Morgan fingerprint density at radius 2 is 1.30 bits per heavy atom. The van der Waals surface area contributed by atoms with Gasteiger partial charge in [-0.1, -0.05) is 0 Å². The molecule has 140 valence electrons. The van der Waals surface area contributed by atoms with Gasteiger partial charge in [0.05, 0.1) is 12.8 Å². The van der Waals surface area contributed by atoms with Gasteiger partial charge in [-0.15, -0.1) is 0 Å². The maximum absolute atomic E-state index is 12.0. The Balaban J connectivity index is 1.42. The minimum absolute atomic E-state index is 0.143. The highest BCUT2D eigenvalue weighted by Crippen LogP contribution is 2.23. The van der Waals surface area contributed by atoms with Crippen LogP contribution in [0, 0.1) is 0 Å². The first-order valence-corrected chi connectivity index (χ1v) is 9.01. The summed E-state index contributed by atoms with van der Waals surface area (Å²) in [4.78, 5) is 16.8. The molecule has 2 aromatic carbocycles. The fourth-order valence-corrected chi connectivity index (χ4v) is 3.40. The third-order valence-electron chi connectivity index (χ3n) is 5.03. The molecule has 0 aliphatic carbocycles. The van der Waals surface area contributed by atoms with E-state index in [1.807, 2.05) is 24.3 Å². The Labute approximate surface area is 158 Å². The molecule has 1 fully saturated rings. The standard InChI is InChI=1S/C20H23N5O2/c1-22-20(26)25(15-21-22)18-5-3-16(4-6-18)23-11-13-24(14-12-23)17-7-9-19(27-2)10-8-17/h3-10,15H,11-14H2,1-2H3. The van der Waals surface area contributed by atoms with Crippen LogP contribution < -0.4 is 20.2 Å². The van der Waals surface area contributed by atoms with Crippen molar-refractivity contribution in [1.29, 1.82) is 0 Å². The molecule has 7 nitrogen and oxygen atoms in total. The molecule has 0 unspecified atom stereocenters. The second-order valence-electron chi connectivity index (χ2n) is 6.60. The minimum Gasteiger partial charge on any atom is -0.497 e. The Morgan fingerprint density at radius 3 is 1.74 bits per heavy atom. The molecule has 0 atom stereocenters. The Morgan fingerprint density at radius 1 is 0.815 bits per heavy atom. The van der Waals surface area contributed by atoms with E-state index in [0.717, 1.165) is 37.6 Å². The number of nitrogens with zero attached hydrogens (tertiary/aromatic N) is 5. The number of methoxy groups -OCH3 is 1. The second kappa shape index (κ2) is 7.19. The van der Waals surface area contributed by atoms with Gasteiger partial charge in [-0.25, -0.2) is 14.0 Å². The molecule has 0 N–H and O–H groups in total. The van der Waals surface area contributed by atoms with Gasteiger partial charge in [0.15, 0.2) is 0 Å². The summed E-state index contributed by atoms with van der Waals surface area (Å²) in [6.07, 6.45) is 1.55. The number of benzene rings is 2. The molecule has 1 aromatic heterocycles. The van der Waals surface area contributed by atoms with E-state index in [9.17, 15) is 4.79 Å². The van der Waals surface area contributed by atoms with Crippen molar-refractivity contribution < 1.29 is 4.74 Å². The average molecular weight is 365 g/mol. The van der Waals surface area contributed by atoms with Crippen LogP contribution in [0.2, 0.25) is 0 Å². The van der Waals surface area contributed by atoms with Gasteiger partial charge in [0, 0.05) is 44.6 Å². The van der Waals surface area contributed by atoms with Crippen LogP contribution in [0.25, 0.3) is 5.69 Å². The SMILES string of the molecule is COc1ccc(N2CCN(c3ccc(-n4cnn(C)c4=O)cc3)CC2)cc1. The molecule has 0 saturated carbocycles. The molecule has 0 amide bonds. The molecule has 27 heavy (non-hydrogen) atoms. The normalized spacial score (nSPS) is 14.4. The average Bonchev–Trinajstić information content (AvgIpc) is 3.07. The van der Waals surface area contributed by atoms with Crippen LogP contribution in [0.5, 0.6) is 5.75 Å². The maximum atomic E-state index is 12.0. The molecule has 1 saturated heterocycles. The fourth-order valence-electron chi connectivity index (χ4n) is 3.40. The topological polar surface area (TPSA) is 55.5 Å². The molecule has 1 aliphatic heterocycles. The Hall–Kier alpha value is -3.22. The molecule has 0 bridgehead atoms. The summed E-state index contributed by atoms with van der Waals surface area (Å²) in [5.41, 5.74) is 3.08. The highest BCUT2D eigenvalue weighted by atomic mass is 16.5. The summed E-state index contributed by atoms with van der Waals surface area (Å²) in [6.45, 7) is 3.85. The molecule has 7 heteroatoms. The van der Waals surface area contributed by atoms with Gasteiger partial charge in [0.25, 0.3) is 0 Å². The molecular weight excluding hydrogens is 342 g/mol. The van der Waals surface area contributed by atoms with E-state index >= 15 is 0 Å². The highest BCUT2D eigenvalue weighted by molar-refractivity contribution is 5.54. The molecule has 4 rings (SSSR count). The summed E-state index contributed by atoms with van der Waals surface area (Å²) in [5.74, 6) is 0.880. The van der Waals surface area contributed by atoms with Crippen LogP contribution in [0.3, 0.4) is 0 Å². The van der Waals surface area contributed by atoms with Crippen molar-refractivity contribution in [3.05, 3.63) is 65.3 Å². The number of aryl methyl sites for hydroxylation is 1. The largest absolute Gasteiger partial charge is 0.497 e. The van der Waals surface area contributed by atoms with E-state index in [4.69, 9.17) is 4.74 Å². The Kier molecular flexibility index (Phi) is 4.58. The number of piperazine rings is 1. The Bertz CT molecular complexity index is 951. The van der Waals surface area contributed by atoms with Crippen LogP contribution in [-0.2, 0) is 7.05 Å². The van der Waals surface area contributed by atoms with Crippen molar-refractivity contribution in [3.63, 3.8) is 0 Å². The third kappa shape index (κ3) is 3.40. The van der Waals surface area contributed by atoms with Gasteiger partial charge in [-0.2, -0.15) is 5.10 Å². The van der Waals surface area contributed by atoms with E-state index in [1.165, 1.54) is 16.1 Å². The predicted octanol–water partition coefficient (Wildman–Crippen LogP) is 1.91. The molecule has 1 aliphatic rings. The first-order valence-electron chi connectivity index (χ1n) is 9.01. The molecule has 2 heterocycles. The highest BCUT2D eigenvalue weighted by Gasteiger charge is 2.17. The lowest BCUT2D eigenvalue weighted by molar-refractivity contribution is 0.415. The zero-order chi connectivity index (χ0) is 18.8. The van der Waals surface area contributed by atoms with Crippen LogP contribution in [0.4, 0.5) is 11.4 Å². The zero-order valence-electron chi connectivity index (χ0n) is 15.6. The van der Waals surface area contributed by atoms with Crippen molar-refractivity contribution in [2.24, 2.45) is 7.05 Å². The van der Waals surface area contributed by atoms with E-state index in [0.29, 0.717) is 0 Å². The third-order valence-corrected chi connectivity index (χ3v) is 5.03. The van der Waals surface area contributed by atoms with Crippen LogP contribution in [0.15, 0.2) is 59.7 Å². The van der Waals surface area contributed by atoms with E-state index in [1.54, 1.807) is 25.1 Å². The van der Waals surface area contributed by atoms with Gasteiger partial charge in [-0.3, -0.25) is 0 Å². The lowest BCUT2D eigenvalue weighted by atomic mass is 10.2. The number of hydrogen-bond acceptors (Lipinski definition) is 5. The van der Waals surface area contributed by atoms with Gasteiger partial charge in [-0.05, 0) is 48.5 Å². The number of rotatable bonds is 4. The van der Waals surface area contributed by atoms with E-state index in [-0.39, 0.29) is 5.69 Å². The smallest absolute Gasteiger partial charge is 0.350 e. The van der Waals surface area contributed by atoms with Crippen molar-refractivity contribution in [3.8, 4) is 11.4 Å². The monoisotopic (exact) mass is 365 g/mol. The predicted molar refractivity (Wildman–Crippen MR) is 106 cm³/mol. The van der Waals surface area contributed by atoms with Crippen molar-refractivity contribution in [2.45, 2.75) is 0 Å². The zero-order valence-corrected chi connectivity index (χ0v) is 15.6.